The van der Waals surface area contributed by atoms with Crippen LogP contribution in [0, 0.1) is 12.8 Å². The summed E-state index contributed by atoms with van der Waals surface area (Å²) < 4.78 is 5.40. The van der Waals surface area contributed by atoms with Gasteiger partial charge in [-0.05, 0) is 19.8 Å². The third kappa shape index (κ3) is 4.21. The van der Waals surface area contributed by atoms with E-state index in [0.29, 0.717) is 25.1 Å². The van der Waals surface area contributed by atoms with E-state index < -0.39 is 17.8 Å². The van der Waals surface area contributed by atoms with Crippen LogP contribution in [0.15, 0.2) is 35.1 Å². The number of hydrogen-bond acceptors (Lipinski definition) is 5. The van der Waals surface area contributed by atoms with E-state index in [1.54, 1.807) is 0 Å². The van der Waals surface area contributed by atoms with Gasteiger partial charge < -0.3 is 19.3 Å². The van der Waals surface area contributed by atoms with Gasteiger partial charge in [0, 0.05) is 25.7 Å². The molecule has 8 nitrogen and oxygen atoms in total. The van der Waals surface area contributed by atoms with Crippen LogP contribution in [0.5, 0.6) is 0 Å². The highest BCUT2D eigenvalue weighted by Gasteiger charge is 2.30. The first kappa shape index (κ1) is 19.6. The van der Waals surface area contributed by atoms with Gasteiger partial charge in [0.2, 0.25) is 5.91 Å². The molecule has 1 atom stereocenters. The lowest BCUT2D eigenvalue weighted by atomic mass is 9.98. The molecule has 2 aromatic rings. The van der Waals surface area contributed by atoms with Gasteiger partial charge in [0.05, 0.1) is 12.5 Å². The Hall–Kier alpha value is -3.16. The number of oxazole rings is 1. The second-order valence-corrected chi connectivity index (χ2v) is 7.07. The second-order valence-electron chi connectivity index (χ2n) is 7.07. The maximum Gasteiger partial charge on any atom is 0.308 e. The summed E-state index contributed by atoms with van der Waals surface area (Å²) in [5, 5.41) is 9.17. The summed E-state index contributed by atoms with van der Waals surface area (Å²) in [4.78, 5) is 43.3. The number of aryl methyl sites for hydroxylation is 1. The number of likely N-dealkylation sites (N-methyl/N-ethyl adjacent to an activating group) is 1. The molecular weight excluding hydrogens is 362 g/mol. The van der Waals surface area contributed by atoms with E-state index in [9.17, 15) is 14.4 Å². The molecule has 2 amide bonds. The molecule has 0 spiro atoms. The largest absolute Gasteiger partial charge is 0.481 e. The number of piperidine rings is 1. The predicted octanol–water partition coefficient (Wildman–Crippen LogP) is 2.05. The summed E-state index contributed by atoms with van der Waals surface area (Å²) in [7, 11) is 1.52. The number of carboxylic acid groups (broad SMARTS) is 1. The van der Waals surface area contributed by atoms with Gasteiger partial charge in [0.25, 0.3) is 5.91 Å². The Labute approximate surface area is 162 Å². The van der Waals surface area contributed by atoms with Gasteiger partial charge in [-0.3, -0.25) is 14.4 Å². The minimum Gasteiger partial charge on any atom is -0.481 e. The zero-order valence-electron chi connectivity index (χ0n) is 15.9. The standard InChI is InChI=1S/C20H23N3O5/c1-13-5-7-14(8-6-13)18-17(21-12-28-18)19(25)22(2)11-16(24)23-9-3-4-15(10-23)20(26)27/h5-8,12,15H,3-4,9-11H2,1-2H3,(H,26,27). The molecule has 1 aliphatic rings. The van der Waals surface area contributed by atoms with Crippen LogP contribution in [0.25, 0.3) is 11.3 Å². The summed E-state index contributed by atoms with van der Waals surface area (Å²) in [6, 6.07) is 7.51. The van der Waals surface area contributed by atoms with Gasteiger partial charge in [0.1, 0.15) is 0 Å². The monoisotopic (exact) mass is 385 g/mol. The van der Waals surface area contributed by atoms with Crippen LogP contribution in [0.4, 0.5) is 0 Å². The van der Waals surface area contributed by atoms with Crippen molar-refractivity contribution in [2.75, 3.05) is 26.7 Å². The minimum absolute atomic E-state index is 0.140. The number of carbonyl (C=O) groups excluding carboxylic acids is 2. The Kier molecular flexibility index (Phi) is 5.77. The summed E-state index contributed by atoms with van der Waals surface area (Å²) in [6.07, 6.45) is 2.41. The Morgan fingerprint density at radius 3 is 2.68 bits per heavy atom. The highest BCUT2D eigenvalue weighted by molar-refractivity contribution is 5.99. The van der Waals surface area contributed by atoms with E-state index in [-0.39, 0.29) is 24.7 Å². The van der Waals surface area contributed by atoms with Crippen molar-refractivity contribution in [2.45, 2.75) is 19.8 Å². The van der Waals surface area contributed by atoms with Crippen molar-refractivity contribution in [3.63, 3.8) is 0 Å². The van der Waals surface area contributed by atoms with E-state index in [2.05, 4.69) is 4.98 Å². The Bertz CT molecular complexity index is 874. The molecular formula is C20H23N3O5. The lowest BCUT2D eigenvalue weighted by Crippen LogP contribution is -2.47. The Morgan fingerprint density at radius 1 is 1.29 bits per heavy atom. The van der Waals surface area contributed by atoms with Crippen molar-refractivity contribution in [1.82, 2.24) is 14.8 Å². The summed E-state index contributed by atoms with van der Waals surface area (Å²) in [5.74, 6) is -1.80. The number of aliphatic carboxylic acids is 1. The molecule has 0 bridgehead atoms. The molecule has 2 heterocycles. The van der Waals surface area contributed by atoms with Gasteiger partial charge in [-0.15, -0.1) is 0 Å². The minimum atomic E-state index is -0.896. The van der Waals surface area contributed by atoms with Crippen molar-refractivity contribution in [3.8, 4) is 11.3 Å². The predicted molar refractivity (Wildman–Crippen MR) is 101 cm³/mol. The van der Waals surface area contributed by atoms with Crippen LogP contribution in [-0.2, 0) is 9.59 Å². The molecule has 0 radical (unpaired) electrons. The fourth-order valence-electron chi connectivity index (χ4n) is 3.27. The topological polar surface area (TPSA) is 104 Å². The molecule has 1 aliphatic heterocycles. The van der Waals surface area contributed by atoms with Crippen molar-refractivity contribution >= 4 is 17.8 Å². The van der Waals surface area contributed by atoms with E-state index in [0.717, 1.165) is 11.1 Å². The molecule has 0 saturated carbocycles. The summed E-state index contributed by atoms with van der Waals surface area (Å²) in [6.45, 7) is 2.49. The maximum absolute atomic E-state index is 12.8. The second kappa shape index (κ2) is 8.24. The highest BCUT2D eigenvalue weighted by atomic mass is 16.4. The Balaban J connectivity index is 1.68. The van der Waals surface area contributed by atoms with E-state index >= 15 is 0 Å². The van der Waals surface area contributed by atoms with Crippen LogP contribution in [-0.4, -0.2) is 64.4 Å². The maximum atomic E-state index is 12.8. The molecule has 8 heteroatoms. The van der Waals surface area contributed by atoms with Gasteiger partial charge >= 0.3 is 5.97 Å². The lowest BCUT2D eigenvalue weighted by Gasteiger charge is -2.31. The third-order valence-corrected chi connectivity index (χ3v) is 4.93. The first-order valence-corrected chi connectivity index (χ1v) is 9.13. The number of carboxylic acids is 1. The first-order chi connectivity index (χ1) is 13.4. The van der Waals surface area contributed by atoms with Crippen molar-refractivity contribution < 1.29 is 23.9 Å². The molecule has 148 valence electrons. The molecule has 1 aromatic heterocycles. The molecule has 1 saturated heterocycles. The molecule has 28 heavy (non-hydrogen) atoms. The normalized spacial score (nSPS) is 16.6. The molecule has 1 N–H and O–H groups in total. The molecule has 1 fully saturated rings. The number of rotatable bonds is 5. The van der Waals surface area contributed by atoms with E-state index in [1.807, 2.05) is 31.2 Å². The average Bonchev–Trinajstić information content (AvgIpc) is 3.17. The van der Waals surface area contributed by atoms with Crippen molar-refractivity contribution in [2.24, 2.45) is 5.92 Å². The highest BCUT2D eigenvalue weighted by Crippen LogP contribution is 2.24. The average molecular weight is 385 g/mol. The summed E-state index contributed by atoms with van der Waals surface area (Å²) >= 11 is 0. The number of nitrogens with zero attached hydrogens (tertiary/aromatic N) is 3. The molecule has 1 unspecified atom stereocenters. The SMILES string of the molecule is Cc1ccc(-c2ocnc2C(=O)N(C)CC(=O)N2CCCC(C(=O)O)C2)cc1. The van der Waals surface area contributed by atoms with Crippen LogP contribution in [0.1, 0.15) is 28.9 Å². The van der Waals surface area contributed by atoms with Crippen LogP contribution >= 0.6 is 0 Å². The number of likely N-dealkylation sites (tertiary alicyclic amines) is 1. The van der Waals surface area contributed by atoms with Gasteiger partial charge in [-0.1, -0.05) is 29.8 Å². The van der Waals surface area contributed by atoms with Crippen molar-refractivity contribution in [1.29, 1.82) is 0 Å². The zero-order valence-corrected chi connectivity index (χ0v) is 15.9. The van der Waals surface area contributed by atoms with E-state index in [4.69, 9.17) is 9.52 Å². The first-order valence-electron chi connectivity index (χ1n) is 9.13. The number of hydrogen-bond donors (Lipinski definition) is 1. The number of carbonyl (C=O) groups is 3. The van der Waals surface area contributed by atoms with E-state index in [1.165, 1.54) is 23.2 Å². The van der Waals surface area contributed by atoms with Crippen LogP contribution < -0.4 is 0 Å². The molecule has 3 rings (SSSR count). The van der Waals surface area contributed by atoms with Gasteiger partial charge in [-0.25, -0.2) is 4.98 Å². The van der Waals surface area contributed by atoms with Gasteiger partial charge in [-0.2, -0.15) is 0 Å². The molecule has 1 aromatic carbocycles. The third-order valence-electron chi connectivity index (χ3n) is 4.93. The zero-order chi connectivity index (χ0) is 20.3. The fraction of sp³-hybridized carbons (Fsp3) is 0.400. The number of amides is 2. The quantitative estimate of drug-likeness (QED) is 0.845. The smallest absolute Gasteiger partial charge is 0.308 e. The van der Waals surface area contributed by atoms with Gasteiger partial charge in [0.15, 0.2) is 17.8 Å². The van der Waals surface area contributed by atoms with Crippen molar-refractivity contribution in [3.05, 3.63) is 41.9 Å². The Morgan fingerprint density at radius 2 is 2.00 bits per heavy atom. The van der Waals surface area contributed by atoms with Crippen LogP contribution in [0.3, 0.4) is 0 Å². The summed E-state index contributed by atoms with van der Waals surface area (Å²) in [5.41, 5.74) is 1.95. The molecule has 0 aliphatic carbocycles. The fourth-order valence-corrected chi connectivity index (χ4v) is 3.27. The lowest BCUT2D eigenvalue weighted by molar-refractivity contribution is -0.145. The van der Waals surface area contributed by atoms with Crippen LogP contribution in [0.2, 0.25) is 0 Å². The number of aromatic nitrogens is 1. The number of benzene rings is 1.